The molecule has 5 heteroatoms. The van der Waals surface area contributed by atoms with Gasteiger partial charge in [0.15, 0.2) is 5.82 Å². The zero-order valence-electron chi connectivity index (χ0n) is 11.6. The Morgan fingerprint density at radius 3 is 2.85 bits per heavy atom. The molecular formula is C15H17BrN4. The van der Waals surface area contributed by atoms with Crippen LogP contribution in [0.15, 0.2) is 29.1 Å². The molecule has 104 valence electrons. The van der Waals surface area contributed by atoms with Crippen molar-refractivity contribution < 1.29 is 0 Å². The van der Waals surface area contributed by atoms with E-state index in [-0.39, 0.29) is 11.5 Å². The van der Waals surface area contributed by atoms with Crippen LogP contribution in [0.25, 0.3) is 11.4 Å². The van der Waals surface area contributed by atoms with Crippen molar-refractivity contribution in [1.29, 1.82) is 0 Å². The van der Waals surface area contributed by atoms with Gasteiger partial charge in [0.25, 0.3) is 0 Å². The van der Waals surface area contributed by atoms with Crippen molar-refractivity contribution in [3.05, 3.63) is 40.4 Å². The SMILES string of the molecule is CC1(C)Cc2nc(-c3cncc(Br)c3)ncc2C(N)C1. The largest absolute Gasteiger partial charge is 0.324 e. The first kappa shape index (κ1) is 13.6. The summed E-state index contributed by atoms with van der Waals surface area (Å²) in [6.07, 6.45) is 7.31. The summed E-state index contributed by atoms with van der Waals surface area (Å²) in [5.74, 6) is 0.711. The minimum atomic E-state index is 0.0310. The highest BCUT2D eigenvalue weighted by atomic mass is 79.9. The van der Waals surface area contributed by atoms with Crippen molar-refractivity contribution in [3.8, 4) is 11.4 Å². The molecule has 1 unspecified atom stereocenters. The minimum absolute atomic E-state index is 0.0310. The van der Waals surface area contributed by atoms with Crippen LogP contribution in [0, 0.1) is 5.41 Å². The second-order valence-electron chi connectivity index (χ2n) is 6.14. The molecule has 1 aliphatic rings. The fourth-order valence-corrected chi connectivity index (χ4v) is 3.15. The van der Waals surface area contributed by atoms with E-state index in [2.05, 4.69) is 39.7 Å². The molecule has 20 heavy (non-hydrogen) atoms. The molecule has 0 amide bonds. The molecule has 0 bridgehead atoms. The average Bonchev–Trinajstić information content (AvgIpc) is 2.36. The zero-order chi connectivity index (χ0) is 14.3. The van der Waals surface area contributed by atoms with Gasteiger partial charge in [0, 0.05) is 45.9 Å². The molecule has 0 aliphatic heterocycles. The minimum Gasteiger partial charge on any atom is -0.324 e. The van der Waals surface area contributed by atoms with Crippen LogP contribution in [-0.4, -0.2) is 15.0 Å². The third-order valence-corrected chi connectivity index (χ3v) is 4.11. The molecule has 2 heterocycles. The van der Waals surface area contributed by atoms with Gasteiger partial charge in [-0.25, -0.2) is 9.97 Å². The van der Waals surface area contributed by atoms with E-state index in [4.69, 9.17) is 10.7 Å². The summed E-state index contributed by atoms with van der Waals surface area (Å²) >= 11 is 3.42. The van der Waals surface area contributed by atoms with Crippen LogP contribution in [0.5, 0.6) is 0 Å². The number of nitrogens with two attached hydrogens (primary N) is 1. The van der Waals surface area contributed by atoms with Gasteiger partial charge in [0.2, 0.25) is 0 Å². The van der Waals surface area contributed by atoms with Gasteiger partial charge in [0.05, 0.1) is 0 Å². The first-order valence-corrected chi connectivity index (χ1v) is 7.46. The molecule has 2 N–H and O–H groups in total. The molecule has 3 rings (SSSR count). The molecular weight excluding hydrogens is 316 g/mol. The summed E-state index contributed by atoms with van der Waals surface area (Å²) in [5.41, 5.74) is 9.49. The summed E-state index contributed by atoms with van der Waals surface area (Å²) in [4.78, 5) is 13.3. The van der Waals surface area contributed by atoms with Crippen LogP contribution in [0.4, 0.5) is 0 Å². The molecule has 0 saturated heterocycles. The van der Waals surface area contributed by atoms with Gasteiger partial charge < -0.3 is 5.73 Å². The lowest BCUT2D eigenvalue weighted by Gasteiger charge is -2.34. The average molecular weight is 333 g/mol. The topological polar surface area (TPSA) is 64.7 Å². The molecule has 4 nitrogen and oxygen atoms in total. The number of fused-ring (bicyclic) bond motifs is 1. The highest BCUT2D eigenvalue weighted by Crippen LogP contribution is 2.38. The van der Waals surface area contributed by atoms with Crippen LogP contribution in [0.1, 0.15) is 37.6 Å². The van der Waals surface area contributed by atoms with E-state index in [1.54, 1.807) is 12.4 Å². The fraction of sp³-hybridized carbons (Fsp3) is 0.400. The van der Waals surface area contributed by atoms with Crippen molar-refractivity contribution in [1.82, 2.24) is 15.0 Å². The maximum atomic E-state index is 6.23. The van der Waals surface area contributed by atoms with E-state index < -0.39 is 0 Å². The maximum Gasteiger partial charge on any atom is 0.160 e. The van der Waals surface area contributed by atoms with Crippen molar-refractivity contribution in [2.24, 2.45) is 11.1 Å². The van der Waals surface area contributed by atoms with Gasteiger partial charge in [-0.15, -0.1) is 0 Å². The standard InChI is InChI=1S/C15H17BrN4/c1-15(2)4-12(17)11-8-19-14(20-13(11)5-15)9-3-10(16)7-18-6-9/h3,6-8,12H,4-5,17H2,1-2H3. The Morgan fingerprint density at radius 1 is 1.30 bits per heavy atom. The quantitative estimate of drug-likeness (QED) is 0.870. The van der Waals surface area contributed by atoms with Gasteiger partial charge in [-0.2, -0.15) is 0 Å². The number of aromatic nitrogens is 3. The zero-order valence-corrected chi connectivity index (χ0v) is 13.2. The lowest BCUT2D eigenvalue weighted by molar-refractivity contribution is 0.278. The van der Waals surface area contributed by atoms with Crippen LogP contribution in [0.2, 0.25) is 0 Å². The first-order valence-electron chi connectivity index (χ1n) is 6.67. The monoisotopic (exact) mass is 332 g/mol. The number of rotatable bonds is 1. The lowest BCUT2D eigenvalue weighted by Crippen LogP contribution is -2.30. The third-order valence-electron chi connectivity index (χ3n) is 3.68. The van der Waals surface area contributed by atoms with E-state index in [0.29, 0.717) is 5.82 Å². The number of pyridine rings is 1. The molecule has 1 atom stereocenters. The second-order valence-corrected chi connectivity index (χ2v) is 7.05. The van der Waals surface area contributed by atoms with E-state index in [1.165, 1.54) is 0 Å². The van der Waals surface area contributed by atoms with Crippen LogP contribution in [-0.2, 0) is 6.42 Å². The van der Waals surface area contributed by atoms with Crippen LogP contribution in [0.3, 0.4) is 0 Å². The number of nitrogens with zero attached hydrogens (tertiary/aromatic N) is 3. The Labute approximate surface area is 127 Å². The van der Waals surface area contributed by atoms with E-state index in [9.17, 15) is 0 Å². The molecule has 0 saturated carbocycles. The Morgan fingerprint density at radius 2 is 2.10 bits per heavy atom. The lowest BCUT2D eigenvalue weighted by atomic mass is 9.74. The highest BCUT2D eigenvalue weighted by molar-refractivity contribution is 9.10. The van der Waals surface area contributed by atoms with Gasteiger partial charge in [-0.05, 0) is 40.3 Å². The summed E-state index contributed by atoms with van der Waals surface area (Å²) in [5, 5.41) is 0. The fourth-order valence-electron chi connectivity index (χ4n) is 2.78. The molecule has 2 aromatic rings. The number of hydrogen-bond donors (Lipinski definition) is 1. The van der Waals surface area contributed by atoms with Gasteiger partial charge >= 0.3 is 0 Å². The van der Waals surface area contributed by atoms with Crippen LogP contribution < -0.4 is 5.73 Å². The van der Waals surface area contributed by atoms with E-state index in [0.717, 1.165) is 34.1 Å². The summed E-state index contributed by atoms with van der Waals surface area (Å²) in [6.45, 7) is 4.47. The highest BCUT2D eigenvalue weighted by Gasteiger charge is 2.31. The Kier molecular flexibility index (Phi) is 3.34. The number of halogens is 1. The Balaban J connectivity index is 2.05. The molecule has 0 spiro atoms. The van der Waals surface area contributed by atoms with Crippen molar-refractivity contribution >= 4 is 15.9 Å². The van der Waals surface area contributed by atoms with Gasteiger partial charge in [0.1, 0.15) is 0 Å². The predicted octanol–water partition coefficient (Wildman–Crippen LogP) is 3.27. The predicted molar refractivity (Wildman–Crippen MR) is 82.0 cm³/mol. The Bertz CT molecular complexity index is 654. The molecule has 0 radical (unpaired) electrons. The van der Waals surface area contributed by atoms with Crippen molar-refractivity contribution in [3.63, 3.8) is 0 Å². The van der Waals surface area contributed by atoms with Gasteiger partial charge in [-0.1, -0.05) is 13.8 Å². The Hall–Kier alpha value is -1.33. The van der Waals surface area contributed by atoms with E-state index >= 15 is 0 Å². The summed E-state index contributed by atoms with van der Waals surface area (Å²) < 4.78 is 0.924. The first-order chi connectivity index (χ1) is 9.44. The number of hydrogen-bond acceptors (Lipinski definition) is 4. The van der Waals surface area contributed by atoms with Crippen molar-refractivity contribution in [2.75, 3.05) is 0 Å². The maximum absolute atomic E-state index is 6.23. The van der Waals surface area contributed by atoms with Crippen molar-refractivity contribution in [2.45, 2.75) is 32.7 Å². The molecule has 0 fully saturated rings. The summed E-state index contributed by atoms with van der Waals surface area (Å²) in [7, 11) is 0. The van der Waals surface area contributed by atoms with Crippen LogP contribution >= 0.6 is 15.9 Å². The normalized spacial score (nSPS) is 20.5. The smallest absolute Gasteiger partial charge is 0.160 e. The third kappa shape index (κ3) is 2.60. The molecule has 0 aromatic carbocycles. The molecule has 1 aliphatic carbocycles. The second kappa shape index (κ2) is 4.90. The summed E-state index contributed by atoms with van der Waals surface area (Å²) in [6, 6.07) is 2.01. The molecule has 2 aromatic heterocycles. The van der Waals surface area contributed by atoms with E-state index in [1.807, 2.05) is 12.3 Å². The van der Waals surface area contributed by atoms with Gasteiger partial charge in [-0.3, -0.25) is 4.98 Å².